The van der Waals surface area contributed by atoms with Crippen molar-refractivity contribution < 1.29 is 22.7 Å². The van der Waals surface area contributed by atoms with Crippen LogP contribution in [0.25, 0.3) is 0 Å². The number of rotatable bonds is 7. The predicted octanol–water partition coefficient (Wildman–Crippen LogP) is 4.22. The Kier molecular flexibility index (Phi) is 6.71. The number of hydrogen-bond acceptors (Lipinski definition) is 5. The molecule has 7 nitrogen and oxygen atoms in total. The molecular weight excluding hydrogens is 416 g/mol. The quantitative estimate of drug-likeness (QED) is 0.538. The largest absolute Gasteiger partial charge is 0.462 e. The molecule has 3 aromatic rings. The van der Waals surface area contributed by atoms with Crippen molar-refractivity contribution in [3.05, 3.63) is 89.5 Å². The molecule has 0 unspecified atom stereocenters. The normalized spacial score (nSPS) is 10.9. The van der Waals surface area contributed by atoms with E-state index in [0.717, 1.165) is 5.56 Å². The molecule has 2 N–H and O–H groups in total. The van der Waals surface area contributed by atoms with Gasteiger partial charge in [0, 0.05) is 11.3 Å². The van der Waals surface area contributed by atoms with E-state index in [2.05, 4.69) is 10.0 Å². The molecule has 0 aromatic heterocycles. The van der Waals surface area contributed by atoms with Gasteiger partial charge in [-0.25, -0.2) is 13.2 Å². The van der Waals surface area contributed by atoms with Gasteiger partial charge in [0.05, 0.1) is 22.8 Å². The number of sulfonamides is 1. The Bertz CT molecular complexity index is 1220. The third kappa shape index (κ3) is 5.49. The maximum Gasteiger partial charge on any atom is 0.340 e. The van der Waals surface area contributed by atoms with Crippen LogP contribution in [0.3, 0.4) is 0 Å². The van der Waals surface area contributed by atoms with Crippen molar-refractivity contribution in [1.82, 2.24) is 0 Å². The standard InChI is InChI=1S/C23H22N2O5S/c1-3-30-23(27)20-12-4-5-13-21(20)24-22(26)17-9-7-11-19(15-17)31(28,29)25-18-10-6-8-16(2)14-18/h4-15,25H,3H2,1-2H3,(H,24,26). The Morgan fingerprint density at radius 3 is 2.42 bits per heavy atom. The minimum atomic E-state index is -3.89. The van der Waals surface area contributed by atoms with Gasteiger partial charge < -0.3 is 10.1 Å². The van der Waals surface area contributed by atoms with Crippen molar-refractivity contribution in [2.75, 3.05) is 16.6 Å². The molecule has 0 saturated carbocycles. The van der Waals surface area contributed by atoms with E-state index in [0.29, 0.717) is 5.69 Å². The third-order valence-electron chi connectivity index (χ3n) is 4.35. The maximum atomic E-state index is 12.8. The van der Waals surface area contributed by atoms with Gasteiger partial charge in [0.2, 0.25) is 0 Å². The average Bonchev–Trinajstić information content (AvgIpc) is 2.74. The number of aryl methyl sites for hydroxylation is 1. The highest BCUT2D eigenvalue weighted by Crippen LogP contribution is 2.20. The van der Waals surface area contributed by atoms with E-state index in [9.17, 15) is 18.0 Å². The third-order valence-corrected chi connectivity index (χ3v) is 5.73. The van der Waals surface area contributed by atoms with Crippen molar-refractivity contribution in [3.63, 3.8) is 0 Å². The Balaban J connectivity index is 1.83. The smallest absolute Gasteiger partial charge is 0.340 e. The minimum absolute atomic E-state index is 0.0552. The van der Waals surface area contributed by atoms with E-state index in [1.807, 2.05) is 13.0 Å². The number of amides is 1. The number of benzene rings is 3. The number of hydrogen-bond donors (Lipinski definition) is 2. The van der Waals surface area contributed by atoms with Crippen LogP contribution in [0.1, 0.15) is 33.2 Å². The first-order valence-corrected chi connectivity index (χ1v) is 11.1. The second-order valence-electron chi connectivity index (χ2n) is 6.72. The number of anilines is 2. The van der Waals surface area contributed by atoms with E-state index in [1.165, 1.54) is 24.3 Å². The van der Waals surface area contributed by atoms with Crippen LogP contribution in [0.4, 0.5) is 11.4 Å². The van der Waals surface area contributed by atoms with E-state index in [4.69, 9.17) is 4.74 Å². The zero-order valence-electron chi connectivity index (χ0n) is 17.1. The lowest BCUT2D eigenvalue weighted by Crippen LogP contribution is -2.17. The summed E-state index contributed by atoms with van der Waals surface area (Å²) in [6, 6.07) is 19.1. The molecule has 0 aliphatic rings. The van der Waals surface area contributed by atoms with Gasteiger partial charge in [0.15, 0.2) is 0 Å². The maximum absolute atomic E-state index is 12.8. The summed E-state index contributed by atoms with van der Waals surface area (Å²) in [5.41, 5.74) is 1.96. The Morgan fingerprint density at radius 2 is 1.68 bits per heavy atom. The van der Waals surface area contributed by atoms with Gasteiger partial charge in [-0.05, 0) is 61.9 Å². The second kappa shape index (κ2) is 9.44. The molecule has 0 aliphatic carbocycles. The molecule has 1 amide bonds. The van der Waals surface area contributed by atoms with E-state index < -0.39 is 21.9 Å². The fraction of sp³-hybridized carbons (Fsp3) is 0.130. The van der Waals surface area contributed by atoms with Crippen LogP contribution in [0, 0.1) is 6.92 Å². The Labute approximate surface area is 181 Å². The van der Waals surface area contributed by atoms with Crippen LogP contribution < -0.4 is 10.0 Å². The summed E-state index contributed by atoms with van der Waals surface area (Å²) < 4.78 is 33.0. The molecular formula is C23H22N2O5S. The van der Waals surface area contributed by atoms with Crippen LogP contribution in [0.15, 0.2) is 77.7 Å². The van der Waals surface area contributed by atoms with Gasteiger partial charge in [-0.2, -0.15) is 0 Å². The Morgan fingerprint density at radius 1 is 0.935 bits per heavy atom. The molecule has 8 heteroatoms. The SMILES string of the molecule is CCOC(=O)c1ccccc1NC(=O)c1cccc(S(=O)(=O)Nc2cccc(C)c2)c1. The number of carbonyl (C=O) groups excluding carboxylic acids is 2. The van der Waals surface area contributed by atoms with E-state index in [-0.39, 0.29) is 28.3 Å². The zero-order chi connectivity index (χ0) is 22.4. The zero-order valence-corrected chi connectivity index (χ0v) is 17.9. The van der Waals surface area contributed by atoms with Crippen molar-refractivity contribution >= 4 is 33.3 Å². The number of esters is 1. The first-order chi connectivity index (χ1) is 14.8. The molecule has 31 heavy (non-hydrogen) atoms. The number of para-hydroxylation sites is 1. The van der Waals surface area contributed by atoms with Gasteiger partial charge in [-0.3, -0.25) is 9.52 Å². The first-order valence-electron chi connectivity index (χ1n) is 9.57. The topological polar surface area (TPSA) is 102 Å². The highest BCUT2D eigenvalue weighted by Gasteiger charge is 2.18. The first kappa shape index (κ1) is 22.0. The summed E-state index contributed by atoms with van der Waals surface area (Å²) in [6.45, 7) is 3.75. The van der Waals surface area contributed by atoms with Crippen molar-refractivity contribution in [2.24, 2.45) is 0 Å². The molecule has 0 spiro atoms. The Hall–Kier alpha value is -3.65. The summed E-state index contributed by atoms with van der Waals surface area (Å²) in [6.07, 6.45) is 0. The molecule has 0 aliphatic heterocycles. The molecule has 0 atom stereocenters. The highest BCUT2D eigenvalue weighted by atomic mass is 32.2. The molecule has 0 fully saturated rings. The summed E-state index contributed by atoms with van der Waals surface area (Å²) >= 11 is 0. The average molecular weight is 439 g/mol. The number of carbonyl (C=O) groups is 2. The summed E-state index contributed by atoms with van der Waals surface area (Å²) in [5.74, 6) is -1.11. The lowest BCUT2D eigenvalue weighted by atomic mass is 10.1. The molecule has 0 heterocycles. The number of ether oxygens (including phenoxy) is 1. The number of nitrogens with one attached hydrogen (secondary N) is 2. The summed E-state index contributed by atoms with van der Waals surface area (Å²) in [5, 5.41) is 2.65. The second-order valence-corrected chi connectivity index (χ2v) is 8.41. The summed E-state index contributed by atoms with van der Waals surface area (Å²) in [7, 11) is -3.89. The summed E-state index contributed by atoms with van der Waals surface area (Å²) in [4.78, 5) is 24.8. The van der Waals surface area contributed by atoms with Gasteiger partial charge in [0.25, 0.3) is 15.9 Å². The lowest BCUT2D eigenvalue weighted by molar-refractivity contribution is 0.0527. The minimum Gasteiger partial charge on any atom is -0.462 e. The molecule has 0 radical (unpaired) electrons. The van der Waals surface area contributed by atoms with Crippen LogP contribution in [0.2, 0.25) is 0 Å². The fourth-order valence-electron chi connectivity index (χ4n) is 2.90. The molecule has 160 valence electrons. The van der Waals surface area contributed by atoms with Crippen molar-refractivity contribution in [3.8, 4) is 0 Å². The lowest BCUT2D eigenvalue weighted by Gasteiger charge is -2.12. The molecule has 0 saturated heterocycles. The van der Waals surface area contributed by atoms with Crippen molar-refractivity contribution in [1.29, 1.82) is 0 Å². The monoisotopic (exact) mass is 438 g/mol. The predicted molar refractivity (Wildman–Crippen MR) is 119 cm³/mol. The van der Waals surface area contributed by atoms with Crippen LogP contribution in [0.5, 0.6) is 0 Å². The molecule has 0 bridgehead atoms. The van der Waals surface area contributed by atoms with Gasteiger partial charge in [-0.1, -0.05) is 30.3 Å². The van der Waals surface area contributed by atoms with Gasteiger partial charge in [0.1, 0.15) is 0 Å². The fourth-order valence-corrected chi connectivity index (χ4v) is 4.00. The van der Waals surface area contributed by atoms with Crippen LogP contribution in [-0.4, -0.2) is 26.9 Å². The van der Waals surface area contributed by atoms with Gasteiger partial charge in [-0.15, -0.1) is 0 Å². The van der Waals surface area contributed by atoms with E-state index >= 15 is 0 Å². The molecule has 3 rings (SSSR count). The van der Waals surface area contributed by atoms with Gasteiger partial charge >= 0.3 is 5.97 Å². The molecule has 3 aromatic carbocycles. The van der Waals surface area contributed by atoms with E-state index in [1.54, 1.807) is 49.4 Å². The highest BCUT2D eigenvalue weighted by molar-refractivity contribution is 7.92. The van der Waals surface area contributed by atoms with Crippen LogP contribution in [-0.2, 0) is 14.8 Å². The van der Waals surface area contributed by atoms with Crippen LogP contribution >= 0.6 is 0 Å². The van der Waals surface area contributed by atoms with Crippen molar-refractivity contribution in [2.45, 2.75) is 18.7 Å².